The quantitative estimate of drug-likeness (QED) is 0.654. The summed E-state index contributed by atoms with van der Waals surface area (Å²) in [5.74, 6) is 0. The number of hydrogen-bond acceptors (Lipinski definition) is 5. The lowest BCUT2D eigenvalue weighted by Crippen LogP contribution is -2.16. The fourth-order valence-corrected chi connectivity index (χ4v) is 1.80. The van der Waals surface area contributed by atoms with E-state index in [0.717, 1.165) is 0 Å². The molecule has 0 aliphatic heterocycles. The van der Waals surface area contributed by atoms with Crippen molar-refractivity contribution in [3.05, 3.63) is 32.3 Å². The van der Waals surface area contributed by atoms with E-state index >= 15 is 0 Å². The first kappa shape index (κ1) is 14.4. The van der Waals surface area contributed by atoms with Gasteiger partial charge in [-0.1, -0.05) is 0 Å². The maximum Gasteiger partial charge on any atom is 0.411 e. The molecule has 7 nitrogen and oxygen atoms in total. The number of hydrogen-bond donors (Lipinski definition) is 2. The van der Waals surface area contributed by atoms with Crippen LogP contribution in [-0.2, 0) is 4.74 Å². The first-order valence-corrected chi connectivity index (χ1v) is 5.74. The van der Waals surface area contributed by atoms with Crippen molar-refractivity contribution in [2.75, 3.05) is 18.5 Å². The molecule has 0 aromatic heterocycles. The van der Waals surface area contributed by atoms with Gasteiger partial charge in [0.2, 0.25) is 0 Å². The molecule has 1 aromatic carbocycles. The first-order chi connectivity index (χ1) is 8.45. The number of benzene rings is 1. The van der Waals surface area contributed by atoms with Gasteiger partial charge in [0, 0.05) is 16.1 Å². The highest BCUT2D eigenvalue weighted by molar-refractivity contribution is 9.10. The van der Waals surface area contributed by atoms with E-state index in [1.807, 2.05) is 0 Å². The number of halogens is 1. The molecule has 0 unspecified atom stereocenters. The third-order valence-electron chi connectivity index (χ3n) is 2.04. The number of carbonyl (C=O) groups excluding carboxylic acids is 1. The molecule has 0 aliphatic rings. The molecule has 0 bridgehead atoms. The molecule has 0 heterocycles. The van der Waals surface area contributed by atoms with Gasteiger partial charge in [-0.3, -0.25) is 15.4 Å². The summed E-state index contributed by atoms with van der Waals surface area (Å²) in [6.07, 6.45) is -0.789. The Morgan fingerprint density at radius 2 is 2.28 bits per heavy atom. The normalized spacial score (nSPS) is 9.94. The van der Waals surface area contributed by atoms with Crippen molar-refractivity contribution in [2.45, 2.75) is 6.92 Å². The molecule has 0 saturated carbocycles. The fourth-order valence-electron chi connectivity index (χ4n) is 1.24. The van der Waals surface area contributed by atoms with Gasteiger partial charge in [-0.25, -0.2) is 4.79 Å². The zero-order valence-electron chi connectivity index (χ0n) is 9.47. The number of carbonyl (C=O) groups is 1. The van der Waals surface area contributed by atoms with Gasteiger partial charge in [0.1, 0.15) is 6.61 Å². The van der Waals surface area contributed by atoms with Gasteiger partial charge in [0.15, 0.2) is 0 Å². The lowest BCUT2D eigenvalue weighted by Gasteiger charge is -2.08. The third-order valence-corrected chi connectivity index (χ3v) is 2.70. The lowest BCUT2D eigenvalue weighted by atomic mass is 10.2. The van der Waals surface area contributed by atoms with Gasteiger partial charge in [0.05, 0.1) is 17.2 Å². The van der Waals surface area contributed by atoms with Crippen LogP contribution in [0.25, 0.3) is 0 Å². The number of nitrogens with one attached hydrogen (secondary N) is 1. The highest BCUT2D eigenvalue weighted by atomic mass is 79.9. The van der Waals surface area contributed by atoms with Crippen LogP contribution in [0.5, 0.6) is 0 Å². The molecule has 0 aliphatic carbocycles. The number of rotatable bonds is 4. The van der Waals surface area contributed by atoms with Gasteiger partial charge in [-0.15, -0.1) is 0 Å². The standard InChI is InChI=1S/C10H11BrN2O5/c1-6-4-7(11)8(5-9(6)13(16)17)12-10(15)18-3-2-14/h4-5,14H,2-3H2,1H3,(H,12,15). The van der Waals surface area contributed by atoms with Gasteiger partial charge in [-0.05, 0) is 28.9 Å². The Labute approximate surface area is 111 Å². The molecule has 98 valence electrons. The van der Waals surface area contributed by atoms with Gasteiger partial charge in [-0.2, -0.15) is 0 Å². The van der Waals surface area contributed by atoms with Crippen LogP contribution in [0.3, 0.4) is 0 Å². The molecule has 0 spiro atoms. The number of aliphatic hydroxyl groups excluding tert-OH is 1. The Kier molecular flexibility index (Phi) is 5.05. The molecular weight excluding hydrogens is 308 g/mol. The van der Waals surface area contributed by atoms with Crippen LogP contribution >= 0.6 is 15.9 Å². The van der Waals surface area contributed by atoms with Crippen LogP contribution in [0.4, 0.5) is 16.2 Å². The molecule has 1 aromatic rings. The average molecular weight is 319 g/mol. The second kappa shape index (κ2) is 6.31. The zero-order valence-corrected chi connectivity index (χ0v) is 11.1. The summed E-state index contributed by atoms with van der Waals surface area (Å²) in [5.41, 5.74) is 0.604. The maximum atomic E-state index is 11.3. The van der Waals surface area contributed by atoms with Crippen molar-refractivity contribution in [1.82, 2.24) is 0 Å². The van der Waals surface area contributed by atoms with Crippen molar-refractivity contribution in [2.24, 2.45) is 0 Å². The fraction of sp³-hybridized carbons (Fsp3) is 0.300. The minimum atomic E-state index is -0.789. The van der Waals surface area contributed by atoms with Crippen molar-refractivity contribution < 1.29 is 19.6 Å². The second-order valence-corrected chi connectivity index (χ2v) is 4.21. The Morgan fingerprint density at radius 3 is 2.83 bits per heavy atom. The molecule has 0 saturated heterocycles. The molecule has 1 rings (SSSR count). The number of aliphatic hydroxyl groups is 1. The highest BCUT2D eigenvalue weighted by Crippen LogP contribution is 2.30. The smallest absolute Gasteiger partial charge is 0.411 e. The number of aryl methyl sites for hydroxylation is 1. The van der Waals surface area contributed by atoms with E-state index in [9.17, 15) is 14.9 Å². The van der Waals surface area contributed by atoms with Crippen molar-refractivity contribution in [3.63, 3.8) is 0 Å². The molecule has 8 heteroatoms. The Morgan fingerprint density at radius 1 is 1.61 bits per heavy atom. The molecule has 2 N–H and O–H groups in total. The largest absolute Gasteiger partial charge is 0.447 e. The Hall–Kier alpha value is -1.67. The summed E-state index contributed by atoms with van der Waals surface area (Å²) >= 11 is 3.18. The minimum absolute atomic E-state index is 0.101. The first-order valence-electron chi connectivity index (χ1n) is 4.95. The molecule has 1 amide bonds. The topological polar surface area (TPSA) is 102 Å². The van der Waals surface area contributed by atoms with Gasteiger partial charge >= 0.3 is 6.09 Å². The van der Waals surface area contributed by atoms with E-state index in [1.165, 1.54) is 12.1 Å². The highest BCUT2D eigenvalue weighted by Gasteiger charge is 2.16. The number of nitro benzene ring substituents is 1. The number of nitro groups is 1. The summed E-state index contributed by atoms with van der Waals surface area (Å²) in [5, 5.41) is 21.6. The number of nitrogens with zero attached hydrogens (tertiary/aromatic N) is 1. The molecule has 18 heavy (non-hydrogen) atoms. The number of ether oxygens (including phenoxy) is 1. The number of amides is 1. The predicted octanol–water partition coefficient (Wildman–Crippen LogP) is 2.21. The van der Waals surface area contributed by atoms with Crippen LogP contribution in [0.2, 0.25) is 0 Å². The van der Waals surface area contributed by atoms with Crippen molar-refractivity contribution in [3.8, 4) is 0 Å². The third kappa shape index (κ3) is 3.67. The lowest BCUT2D eigenvalue weighted by molar-refractivity contribution is -0.385. The Balaban J connectivity index is 2.92. The SMILES string of the molecule is Cc1cc(Br)c(NC(=O)OCCO)cc1[N+](=O)[O-]. The van der Waals surface area contributed by atoms with E-state index in [2.05, 4.69) is 26.0 Å². The van der Waals surface area contributed by atoms with E-state index < -0.39 is 11.0 Å². The molecular formula is C10H11BrN2O5. The van der Waals surface area contributed by atoms with E-state index in [4.69, 9.17) is 5.11 Å². The van der Waals surface area contributed by atoms with E-state index in [0.29, 0.717) is 10.0 Å². The van der Waals surface area contributed by atoms with Crippen LogP contribution in [0.15, 0.2) is 16.6 Å². The summed E-state index contributed by atoms with van der Waals surface area (Å²) < 4.78 is 5.10. The van der Waals surface area contributed by atoms with Crippen LogP contribution in [0.1, 0.15) is 5.56 Å². The van der Waals surface area contributed by atoms with Crippen molar-refractivity contribution >= 4 is 33.4 Å². The van der Waals surface area contributed by atoms with Crippen molar-refractivity contribution in [1.29, 1.82) is 0 Å². The predicted molar refractivity (Wildman–Crippen MR) is 67.6 cm³/mol. The van der Waals surface area contributed by atoms with E-state index in [-0.39, 0.29) is 24.6 Å². The average Bonchev–Trinajstić information content (AvgIpc) is 2.29. The number of anilines is 1. The summed E-state index contributed by atoms with van der Waals surface area (Å²) in [6, 6.07) is 2.76. The molecule has 0 fully saturated rings. The minimum Gasteiger partial charge on any atom is -0.447 e. The van der Waals surface area contributed by atoms with Gasteiger partial charge < -0.3 is 9.84 Å². The van der Waals surface area contributed by atoms with Gasteiger partial charge in [0.25, 0.3) is 5.69 Å². The van der Waals surface area contributed by atoms with Crippen LogP contribution in [0, 0.1) is 17.0 Å². The summed E-state index contributed by atoms with van der Waals surface area (Å²) in [7, 11) is 0. The monoisotopic (exact) mass is 318 g/mol. The Bertz CT molecular complexity index is 478. The molecule has 0 atom stereocenters. The molecule has 0 radical (unpaired) electrons. The van der Waals surface area contributed by atoms with Crippen LogP contribution < -0.4 is 5.32 Å². The summed E-state index contributed by atoms with van der Waals surface area (Å²) in [6.45, 7) is 1.16. The van der Waals surface area contributed by atoms with Crippen LogP contribution in [-0.4, -0.2) is 29.3 Å². The second-order valence-electron chi connectivity index (χ2n) is 3.36. The zero-order chi connectivity index (χ0) is 13.7. The maximum absolute atomic E-state index is 11.3. The van der Waals surface area contributed by atoms with E-state index in [1.54, 1.807) is 6.92 Å². The summed E-state index contributed by atoms with van der Waals surface area (Å²) in [4.78, 5) is 21.5.